The Morgan fingerprint density at radius 2 is 1.63 bits per heavy atom. The van der Waals surface area contributed by atoms with Crippen molar-refractivity contribution in [3.05, 3.63) is 62.9 Å². The highest BCUT2D eigenvalue weighted by Gasteiger charge is 2.20. The summed E-state index contributed by atoms with van der Waals surface area (Å²) in [6, 6.07) is 7.03. The fraction of sp³-hybridized carbons (Fsp3) is 0.562. The molecule has 14 heteroatoms. The van der Waals surface area contributed by atoms with Crippen molar-refractivity contribution in [1.29, 1.82) is 0 Å². The highest BCUT2D eigenvalue weighted by Crippen LogP contribution is 2.26. The molecule has 1 heterocycles. The average Bonchev–Trinajstić information content (AvgIpc) is 3.03. The summed E-state index contributed by atoms with van der Waals surface area (Å²) in [5.41, 5.74) is 5.78. The van der Waals surface area contributed by atoms with Crippen LogP contribution < -0.4 is 16.4 Å². The lowest BCUT2D eigenvalue weighted by Crippen LogP contribution is -2.30. The van der Waals surface area contributed by atoms with Crippen LogP contribution in [0, 0.1) is 5.82 Å². The molecule has 0 atom stereocenters. The van der Waals surface area contributed by atoms with Gasteiger partial charge in [-0.2, -0.15) is 0 Å². The third-order valence-electron chi connectivity index (χ3n) is 6.76. The molecule has 2 aromatic rings. The molecule has 46 heavy (non-hydrogen) atoms. The Morgan fingerprint density at radius 1 is 1.00 bits per heavy atom. The molecule has 8 nitrogen and oxygen atoms in total. The second-order valence-electron chi connectivity index (χ2n) is 10.1. The molecular formula is C32H49Cl2F3N4O4S. The maximum atomic E-state index is 14.7. The third-order valence-corrected chi connectivity index (χ3v) is 9.16. The molecule has 3 rings (SSSR count). The Labute approximate surface area is 282 Å². The highest BCUT2D eigenvalue weighted by atomic mass is 35.5. The lowest BCUT2D eigenvalue weighted by molar-refractivity contribution is -0.118. The number of likely N-dealkylation sites (tertiary alicyclic amines) is 1. The summed E-state index contributed by atoms with van der Waals surface area (Å²) in [5.74, 6) is -1.34. The number of carbonyl (C=O) groups is 2. The number of hydrogen-bond donors (Lipinski definition) is 3. The summed E-state index contributed by atoms with van der Waals surface area (Å²) < 4.78 is 58.6. The zero-order chi connectivity index (χ0) is 35.1. The van der Waals surface area contributed by atoms with Crippen LogP contribution in [0.5, 0.6) is 0 Å². The van der Waals surface area contributed by atoms with Crippen LogP contribution >= 0.6 is 23.2 Å². The van der Waals surface area contributed by atoms with Gasteiger partial charge in [0.2, 0.25) is 12.8 Å². The van der Waals surface area contributed by atoms with Gasteiger partial charge in [0.25, 0.3) is 5.91 Å². The smallest absolute Gasteiger partial charge is 0.251 e. The number of nitrogens with two attached hydrogens (primary N) is 1. The predicted molar refractivity (Wildman–Crippen MR) is 181 cm³/mol. The summed E-state index contributed by atoms with van der Waals surface area (Å²) in [6.45, 7) is 6.97. The van der Waals surface area contributed by atoms with E-state index in [4.69, 9.17) is 28.9 Å². The van der Waals surface area contributed by atoms with Gasteiger partial charge in [0.1, 0.15) is 5.82 Å². The predicted octanol–water partition coefficient (Wildman–Crippen LogP) is 7.00. The highest BCUT2D eigenvalue weighted by molar-refractivity contribution is 7.91. The molecule has 1 aliphatic rings. The minimum Gasteiger partial charge on any atom is -0.370 e. The van der Waals surface area contributed by atoms with E-state index in [1.165, 1.54) is 36.8 Å². The number of benzene rings is 2. The van der Waals surface area contributed by atoms with Gasteiger partial charge >= 0.3 is 0 Å². The monoisotopic (exact) mass is 712 g/mol. The zero-order valence-electron chi connectivity index (χ0n) is 27.2. The van der Waals surface area contributed by atoms with E-state index in [1.54, 1.807) is 6.92 Å². The van der Waals surface area contributed by atoms with Gasteiger partial charge in [0.05, 0.1) is 10.6 Å². The van der Waals surface area contributed by atoms with Gasteiger partial charge in [-0.3, -0.25) is 14.5 Å². The number of rotatable bonds is 13. The number of nitrogens with one attached hydrogen (secondary N) is 2. The lowest BCUT2D eigenvalue weighted by atomic mass is 10.1. The van der Waals surface area contributed by atoms with Crippen LogP contribution in [-0.2, 0) is 27.7 Å². The van der Waals surface area contributed by atoms with Crippen LogP contribution in [0.1, 0.15) is 87.2 Å². The van der Waals surface area contributed by atoms with Crippen molar-refractivity contribution in [2.45, 2.75) is 83.7 Å². The van der Waals surface area contributed by atoms with E-state index in [9.17, 15) is 31.2 Å². The van der Waals surface area contributed by atoms with Gasteiger partial charge in [-0.25, -0.2) is 21.6 Å². The van der Waals surface area contributed by atoms with Crippen molar-refractivity contribution in [3.8, 4) is 0 Å². The molecule has 0 aliphatic carbocycles. The number of hydrogen-bond acceptors (Lipinski definition) is 6. The van der Waals surface area contributed by atoms with Crippen molar-refractivity contribution in [1.82, 2.24) is 15.5 Å². The molecule has 2 aromatic carbocycles. The Bertz CT molecular complexity index is 1280. The number of sulfone groups is 1. The molecule has 1 saturated heterocycles. The Kier molecular flexibility index (Phi) is 23.5. The number of primary amides is 1. The second-order valence-corrected chi connectivity index (χ2v) is 13.2. The molecule has 4 N–H and O–H groups in total. The molecule has 1 fully saturated rings. The van der Waals surface area contributed by atoms with Gasteiger partial charge in [-0.1, -0.05) is 56.8 Å². The number of alkyl halides is 2. The zero-order valence-corrected chi connectivity index (χ0v) is 29.6. The first kappa shape index (κ1) is 43.6. The Balaban J connectivity index is 0.00000113. The van der Waals surface area contributed by atoms with Crippen LogP contribution in [-0.4, -0.2) is 64.5 Å². The van der Waals surface area contributed by atoms with Crippen molar-refractivity contribution in [2.75, 3.05) is 39.4 Å². The summed E-state index contributed by atoms with van der Waals surface area (Å²) in [7, 11) is -1.56. The van der Waals surface area contributed by atoms with Crippen LogP contribution in [0.3, 0.4) is 0 Å². The molecule has 2 amide bonds. The van der Waals surface area contributed by atoms with E-state index in [-0.39, 0.29) is 33.7 Å². The maximum absolute atomic E-state index is 14.7. The summed E-state index contributed by atoms with van der Waals surface area (Å²) in [5, 5.41) is 6.23. The van der Waals surface area contributed by atoms with E-state index in [0.29, 0.717) is 29.1 Å². The molecule has 0 aromatic heterocycles. The maximum Gasteiger partial charge on any atom is 0.251 e. The van der Waals surface area contributed by atoms with Crippen LogP contribution in [0.15, 0.2) is 35.2 Å². The Hall–Kier alpha value is -2.38. The van der Waals surface area contributed by atoms with Crippen LogP contribution in [0.25, 0.3) is 0 Å². The quantitative estimate of drug-likeness (QED) is 0.192. The van der Waals surface area contributed by atoms with E-state index in [2.05, 4.69) is 15.5 Å². The van der Waals surface area contributed by atoms with Gasteiger partial charge in [0.15, 0.2) is 9.84 Å². The van der Waals surface area contributed by atoms with Crippen LogP contribution in [0.4, 0.5) is 13.2 Å². The minimum atomic E-state index is -3.49. The fourth-order valence-corrected chi connectivity index (χ4v) is 6.01. The standard InChI is InChI=1S/C22H25Cl2FN2O3S.C7H16N2O.C2H6.CH2F2/c1-2-31(29,30)21-7-6-17(23)10-16(21)13-26-22(28)15-11-19(24)18(20(25)12-15)14-27-8-4-3-5-9-27;1-9-6-4-2-3-5-7(8)10;1-2;2-1-3/h6-7,10-12H,2-5,8-9,13-14H2,1H3,(H,26,28);9H,2-6H2,1H3,(H2,8,10);1-2H3;1H2. The number of unbranched alkanes of at least 4 members (excludes halogenated alkanes) is 2. The third kappa shape index (κ3) is 17.0. The van der Waals surface area contributed by atoms with Crippen molar-refractivity contribution in [2.24, 2.45) is 5.73 Å². The summed E-state index contributed by atoms with van der Waals surface area (Å²) in [6.07, 6.45) is 7.02. The van der Waals surface area contributed by atoms with Crippen molar-refractivity contribution < 1.29 is 31.2 Å². The number of amides is 2. The molecule has 0 spiro atoms. The van der Waals surface area contributed by atoms with E-state index in [1.807, 2.05) is 20.9 Å². The molecule has 0 saturated carbocycles. The molecule has 1 aliphatic heterocycles. The minimum absolute atomic E-state index is 0.0667. The first-order chi connectivity index (χ1) is 21.9. The van der Waals surface area contributed by atoms with Crippen LogP contribution in [0.2, 0.25) is 10.0 Å². The molecule has 0 radical (unpaired) electrons. The van der Waals surface area contributed by atoms with Gasteiger partial charge < -0.3 is 16.4 Å². The average molecular weight is 714 g/mol. The fourth-order valence-electron chi connectivity index (χ4n) is 4.43. The van der Waals surface area contributed by atoms with Gasteiger partial charge in [-0.05, 0) is 88.3 Å². The van der Waals surface area contributed by atoms with Crippen molar-refractivity contribution in [3.63, 3.8) is 0 Å². The first-order valence-electron chi connectivity index (χ1n) is 15.4. The number of piperidine rings is 1. The summed E-state index contributed by atoms with van der Waals surface area (Å²) >= 11 is 12.3. The Morgan fingerprint density at radius 3 is 2.17 bits per heavy atom. The number of nitrogens with zero attached hydrogens (tertiary/aromatic N) is 1. The second kappa shape index (κ2) is 24.7. The number of halogens is 5. The molecule has 262 valence electrons. The SMILES string of the molecule is CC.CCS(=O)(=O)c1ccc(Cl)cc1CNC(=O)c1cc(F)c(CN2CCCCC2)c(Cl)c1.CNCCCCCC(N)=O.FCF. The van der Waals surface area contributed by atoms with E-state index in [0.717, 1.165) is 51.7 Å². The molecule has 0 bridgehead atoms. The lowest BCUT2D eigenvalue weighted by Gasteiger charge is -2.27. The normalized spacial score (nSPS) is 12.8. The van der Waals surface area contributed by atoms with E-state index < -0.39 is 28.5 Å². The number of carbonyl (C=O) groups excluding carboxylic acids is 2. The molecular weight excluding hydrogens is 664 g/mol. The van der Waals surface area contributed by atoms with Crippen molar-refractivity contribution >= 4 is 44.9 Å². The topological polar surface area (TPSA) is 122 Å². The first-order valence-corrected chi connectivity index (χ1v) is 17.8. The van der Waals surface area contributed by atoms with Gasteiger partial charge in [0, 0.05) is 40.7 Å². The molecule has 0 unspecified atom stereocenters. The van der Waals surface area contributed by atoms with E-state index >= 15 is 0 Å². The summed E-state index contributed by atoms with van der Waals surface area (Å²) in [4.78, 5) is 25.1. The van der Waals surface area contributed by atoms with Gasteiger partial charge in [-0.15, -0.1) is 0 Å². The largest absolute Gasteiger partial charge is 0.370 e.